The van der Waals surface area contributed by atoms with E-state index in [-0.39, 0.29) is 23.9 Å². The van der Waals surface area contributed by atoms with Gasteiger partial charge in [-0.3, -0.25) is 4.79 Å². The SMILES string of the molecule is Cl.NC1(CNC(=O)c2ccc3c(c2)CCCC3)CCCCCC1. The molecule has 0 aromatic heterocycles. The second kappa shape index (κ2) is 8.16. The smallest absolute Gasteiger partial charge is 0.251 e. The Morgan fingerprint density at radius 2 is 1.65 bits per heavy atom. The van der Waals surface area contributed by atoms with Gasteiger partial charge >= 0.3 is 0 Å². The van der Waals surface area contributed by atoms with E-state index in [9.17, 15) is 4.79 Å². The molecule has 1 amide bonds. The van der Waals surface area contributed by atoms with E-state index in [1.165, 1.54) is 49.7 Å². The van der Waals surface area contributed by atoms with E-state index in [1.807, 2.05) is 6.07 Å². The van der Waals surface area contributed by atoms with Crippen LogP contribution in [0.1, 0.15) is 72.9 Å². The highest BCUT2D eigenvalue weighted by Gasteiger charge is 2.26. The lowest BCUT2D eigenvalue weighted by atomic mass is 9.90. The van der Waals surface area contributed by atoms with Crippen molar-refractivity contribution in [3.05, 3.63) is 34.9 Å². The van der Waals surface area contributed by atoms with Crippen molar-refractivity contribution in [2.24, 2.45) is 5.73 Å². The molecule has 3 rings (SSSR count). The van der Waals surface area contributed by atoms with Crippen molar-refractivity contribution in [3.63, 3.8) is 0 Å². The maximum Gasteiger partial charge on any atom is 0.251 e. The Bertz CT molecular complexity index is 536. The average molecular weight is 337 g/mol. The third-order valence-electron chi connectivity index (χ3n) is 5.31. The van der Waals surface area contributed by atoms with Crippen molar-refractivity contribution in [1.82, 2.24) is 5.32 Å². The van der Waals surface area contributed by atoms with Crippen molar-refractivity contribution in [1.29, 1.82) is 0 Å². The molecule has 0 atom stereocenters. The second-order valence-corrected chi connectivity index (χ2v) is 7.15. The lowest BCUT2D eigenvalue weighted by molar-refractivity contribution is 0.0941. The predicted octanol–water partition coefficient (Wildman–Crippen LogP) is 3.77. The first-order chi connectivity index (χ1) is 10.7. The van der Waals surface area contributed by atoms with Crippen LogP contribution in [0.2, 0.25) is 0 Å². The van der Waals surface area contributed by atoms with Crippen molar-refractivity contribution in [2.75, 3.05) is 6.54 Å². The van der Waals surface area contributed by atoms with Crippen molar-refractivity contribution in [3.8, 4) is 0 Å². The lowest BCUT2D eigenvalue weighted by Gasteiger charge is -2.28. The highest BCUT2D eigenvalue weighted by Crippen LogP contribution is 2.25. The molecule has 0 heterocycles. The van der Waals surface area contributed by atoms with Gasteiger partial charge in [0.1, 0.15) is 0 Å². The zero-order valence-corrected chi connectivity index (χ0v) is 14.7. The molecule has 3 nitrogen and oxygen atoms in total. The third-order valence-corrected chi connectivity index (χ3v) is 5.31. The summed E-state index contributed by atoms with van der Waals surface area (Å²) in [6.07, 6.45) is 11.7. The van der Waals surface area contributed by atoms with Gasteiger partial charge in [0.2, 0.25) is 0 Å². The van der Waals surface area contributed by atoms with Crippen LogP contribution in [0, 0.1) is 0 Å². The molecule has 0 unspecified atom stereocenters. The number of benzene rings is 1. The summed E-state index contributed by atoms with van der Waals surface area (Å²) in [4.78, 5) is 12.4. The van der Waals surface area contributed by atoms with E-state index in [0.717, 1.165) is 31.2 Å². The number of carbonyl (C=O) groups is 1. The zero-order valence-electron chi connectivity index (χ0n) is 13.9. The molecule has 0 spiro atoms. The topological polar surface area (TPSA) is 55.1 Å². The number of hydrogen-bond acceptors (Lipinski definition) is 2. The number of aryl methyl sites for hydroxylation is 2. The van der Waals surface area contributed by atoms with Crippen molar-refractivity contribution >= 4 is 18.3 Å². The van der Waals surface area contributed by atoms with Gasteiger partial charge in [0.25, 0.3) is 5.91 Å². The summed E-state index contributed by atoms with van der Waals surface area (Å²) in [5.41, 5.74) is 9.84. The van der Waals surface area contributed by atoms with E-state index in [0.29, 0.717) is 6.54 Å². The highest BCUT2D eigenvalue weighted by molar-refractivity contribution is 5.94. The number of nitrogens with one attached hydrogen (secondary N) is 1. The highest BCUT2D eigenvalue weighted by atomic mass is 35.5. The fourth-order valence-corrected chi connectivity index (χ4v) is 3.84. The lowest BCUT2D eigenvalue weighted by Crippen LogP contribution is -2.49. The molecule has 0 radical (unpaired) electrons. The molecule has 4 heteroatoms. The van der Waals surface area contributed by atoms with Gasteiger partial charge in [-0.05, 0) is 61.8 Å². The molecule has 1 fully saturated rings. The van der Waals surface area contributed by atoms with E-state index in [1.54, 1.807) is 0 Å². The Balaban J connectivity index is 0.00000192. The van der Waals surface area contributed by atoms with Gasteiger partial charge in [0.05, 0.1) is 0 Å². The first kappa shape index (κ1) is 18.3. The Morgan fingerprint density at radius 1 is 1.00 bits per heavy atom. The molecule has 1 aromatic carbocycles. The van der Waals surface area contributed by atoms with E-state index in [2.05, 4.69) is 17.4 Å². The van der Waals surface area contributed by atoms with E-state index in [4.69, 9.17) is 5.73 Å². The number of halogens is 1. The molecule has 0 aliphatic heterocycles. The number of carbonyl (C=O) groups excluding carboxylic acids is 1. The third kappa shape index (κ3) is 4.71. The molecule has 0 bridgehead atoms. The monoisotopic (exact) mass is 336 g/mol. The summed E-state index contributed by atoms with van der Waals surface area (Å²) in [7, 11) is 0. The normalized spacial score (nSPS) is 19.9. The maximum atomic E-state index is 12.4. The Labute approximate surface area is 145 Å². The molecule has 3 N–H and O–H groups in total. The zero-order chi connectivity index (χ0) is 15.4. The van der Waals surface area contributed by atoms with Gasteiger partial charge in [0.15, 0.2) is 0 Å². The summed E-state index contributed by atoms with van der Waals surface area (Å²) < 4.78 is 0. The van der Waals surface area contributed by atoms with Crippen LogP contribution in [0.3, 0.4) is 0 Å². The molecule has 1 aromatic rings. The molecule has 0 saturated heterocycles. The van der Waals surface area contributed by atoms with Gasteiger partial charge in [-0.1, -0.05) is 31.7 Å². The number of fused-ring (bicyclic) bond motifs is 1. The first-order valence-corrected chi connectivity index (χ1v) is 8.85. The summed E-state index contributed by atoms with van der Waals surface area (Å²) in [5, 5.41) is 3.08. The minimum Gasteiger partial charge on any atom is -0.350 e. The van der Waals surface area contributed by atoms with Crippen LogP contribution in [0.25, 0.3) is 0 Å². The summed E-state index contributed by atoms with van der Waals surface area (Å²) in [6.45, 7) is 0.600. The van der Waals surface area contributed by atoms with Gasteiger partial charge in [0, 0.05) is 17.6 Å². The van der Waals surface area contributed by atoms with E-state index >= 15 is 0 Å². The largest absolute Gasteiger partial charge is 0.350 e. The van der Waals surface area contributed by atoms with Crippen LogP contribution < -0.4 is 11.1 Å². The van der Waals surface area contributed by atoms with E-state index < -0.39 is 0 Å². The Kier molecular flexibility index (Phi) is 6.49. The molecule has 1 saturated carbocycles. The molecular weight excluding hydrogens is 308 g/mol. The van der Waals surface area contributed by atoms with Gasteiger partial charge in [-0.2, -0.15) is 0 Å². The summed E-state index contributed by atoms with van der Waals surface area (Å²) in [5.74, 6) is 0.0300. The van der Waals surface area contributed by atoms with Crippen molar-refractivity contribution < 1.29 is 4.79 Å². The quantitative estimate of drug-likeness (QED) is 0.825. The number of amides is 1. The number of nitrogens with two attached hydrogens (primary N) is 1. The van der Waals surface area contributed by atoms with Crippen LogP contribution >= 0.6 is 12.4 Å². The molecule has 23 heavy (non-hydrogen) atoms. The molecular formula is C19H29ClN2O. The standard InChI is InChI=1S/C19H28N2O.ClH/c20-19(11-5-1-2-6-12-19)14-21-18(22)17-10-9-15-7-3-4-8-16(15)13-17;/h9-10,13H,1-8,11-12,14,20H2,(H,21,22);1H. The average Bonchev–Trinajstić information content (AvgIpc) is 2.77. The fourth-order valence-electron chi connectivity index (χ4n) is 3.84. The van der Waals surface area contributed by atoms with Crippen molar-refractivity contribution in [2.45, 2.75) is 69.7 Å². The first-order valence-electron chi connectivity index (χ1n) is 8.85. The predicted molar refractivity (Wildman–Crippen MR) is 97.3 cm³/mol. The second-order valence-electron chi connectivity index (χ2n) is 7.15. The number of rotatable bonds is 3. The van der Waals surface area contributed by atoms with Crippen LogP contribution in [0.15, 0.2) is 18.2 Å². The fraction of sp³-hybridized carbons (Fsp3) is 0.632. The number of hydrogen-bond donors (Lipinski definition) is 2. The molecule has 2 aliphatic rings. The van der Waals surface area contributed by atoms with Gasteiger partial charge in [-0.25, -0.2) is 0 Å². The molecule has 2 aliphatic carbocycles. The van der Waals surface area contributed by atoms with Gasteiger partial charge in [-0.15, -0.1) is 12.4 Å². The van der Waals surface area contributed by atoms with Gasteiger partial charge < -0.3 is 11.1 Å². The molecule has 128 valence electrons. The minimum atomic E-state index is -0.208. The minimum absolute atomic E-state index is 0. The maximum absolute atomic E-state index is 12.4. The van der Waals surface area contributed by atoms with Crippen LogP contribution in [-0.4, -0.2) is 18.0 Å². The van der Waals surface area contributed by atoms with Crippen LogP contribution in [0.4, 0.5) is 0 Å². The van der Waals surface area contributed by atoms with Crippen LogP contribution in [0.5, 0.6) is 0 Å². The Hall–Kier alpha value is -1.06. The van der Waals surface area contributed by atoms with Crippen LogP contribution in [-0.2, 0) is 12.8 Å². The summed E-state index contributed by atoms with van der Waals surface area (Å²) in [6, 6.07) is 6.18. The summed E-state index contributed by atoms with van der Waals surface area (Å²) >= 11 is 0. The Morgan fingerprint density at radius 3 is 2.35 bits per heavy atom.